The van der Waals surface area contributed by atoms with Crippen molar-refractivity contribution < 1.29 is 9.13 Å². The molecule has 0 saturated heterocycles. The van der Waals surface area contributed by atoms with Crippen molar-refractivity contribution in [1.29, 1.82) is 0 Å². The molecule has 1 aliphatic carbocycles. The van der Waals surface area contributed by atoms with Crippen LogP contribution in [-0.2, 0) is 6.42 Å². The van der Waals surface area contributed by atoms with E-state index in [-0.39, 0.29) is 17.8 Å². The fourth-order valence-corrected chi connectivity index (χ4v) is 3.23. The van der Waals surface area contributed by atoms with Gasteiger partial charge < -0.3 is 10.5 Å². The Morgan fingerprint density at radius 1 is 1.04 bits per heavy atom. The molecule has 0 spiro atoms. The summed E-state index contributed by atoms with van der Waals surface area (Å²) in [7, 11) is 0. The van der Waals surface area contributed by atoms with Crippen molar-refractivity contribution in [2.45, 2.75) is 32.7 Å². The van der Waals surface area contributed by atoms with Gasteiger partial charge in [-0.15, -0.1) is 0 Å². The molecule has 2 N–H and O–H groups in total. The second-order valence-electron chi connectivity index (χ2n) is 6.55. The maximum Gasteiger partial charge on any atom is 0.126 e. The molecule has 130 valence electrons. The summed E-state index contributed by atoms with van der Waals surface area (Å²) in [5, 5.41) is 0. The van der Waals surface area contributed by atoms with Crippen LogP contribution in [0.5, 0.6) is 5.75 Å². The molecular formula is C22H24FNO. The van der Waals surface area contributed by atoms with E-state index in [0.717, 1.165) is 23.5 Å². The van der Waals surface area contributed by atoms with Crippen molar-refractivity contribution in [3.8, 4) is 5.75 Å². The first-order chi connectivity index (χ1) is 12.1. The van der Waals surface area contributed by atoms with Crippen molar-refractivity contribution in [2.24, 2.45) is 11.7 Å². The number of aryl methyl sites for hydroxylation is 1. The van der Waals surface area contributed by atoms with Gasteiger partial charge in [-0.05, 0) is 61.2 Å². The van der Waals surface area contributed by atoms with E-state index in [1.165, 1.54) is 23.3 Å². The maximum absolute atomic E-state index is 13.1. The summed E-state index contributed by atoms with van der Waals surface area (Å²) in [6.07, 6.45) is 5.72. The Kier molecular flexibility index (Phi) is 5.34. The summed E-state index contributed by atoms with van der Waals surface area (Å²) in [5.74, 6) is 1.75. The Balaban J connectivity index is 1.67. The average Bonchev–Trinajstić information content (AvgIpc) is 3.01. The third-order valence-electron chi connectivity index (χ3n) is 4.65. The van der Waals surface area contributed by atoms with Gasteiger partial charge in [-0.2, -0.15) is 0 Å². The maximum atomic E-state index is 13.1. The normalized spacial score (nSPS) is 17.8. The molecule has 0 amide bonds. The molecule has 0 aliphatic heterocycles. The van der Waals surface area contributed by atoms with Crippen molar-refractivity contribution in [2.75, 3.05) is 0 Å². The van der Waals surface area contributed by atoms with Gasteiger partial charge in [0.15, 0.2) is 0 Å². The first-order valence-corrected chi connectivity index (χ1v) is 8.73. The zero-order valence-electron chi connectivity index (χ0n) is 14.7. The number of benzene rings is 2. The fourth-order valence-electron chi connectivity index (χ4n) is 3.23. The summed E-state index contributed by atoms with van der Waals surface area (Å²) >= 11 is 0. The molecule has 0 radical (unpaired) electrons. The van der Waals surface area contributed by atoms with E-state index in [0.29, 0.717) is 6.42 Å². The number of hydrogen-bond donors (Lipinski definition) is 1. The van der Waals surface area contributed by atoms with Gasteiger partial charge in [-0.1, -0.05) is 42.8 Å². The molecule has 0 heterocycles. The highest BCUT2D eigenvalue weighted by Gasteiger charge is 2.27. The number of ether oxygens (including phenoxy) is 1. The lowest BCUT2D eigenvalue weighted by molar-refractivity contribution is 0.361. The van der Waals surface area contributed by atoms with Gasteiger partial charge in [0.2, 0.25) is 0 Å². The van der Waals surface area contributed by atoms with Crippen LogP contribution in [0.2, 0.25) is 0 Å². The minimum atomic E-state index is -0.223. The van der Waals surface area contributed by atoms with Gasteiger partial charge in [0, 0.05) is 12.0 Å². The lowest BCUT2D eigenvalue weighted by Crippen LogP contribution is -2.29. The summed E-state index contributed by atoms with van der Waals surface area (Å²) in [4.78, 5) is 0. The largest absolute Gasteiger partial charge is 0.461 e. The minimum Gasteiger partial charge on any atom is -0.461 e. The SMILES string of the molecule is CCC1C(Oc2ccc(C)cc2)=CC=C1C(N)Cc1ccc(F)cc1. The molecule has 2 aromatic rings. The molecule has 0 fully saturated rings. The molecule has 3 heteroatoms. The smallest absolute Gasteiger partial charge is 0.126 e. The minimum absolute atomic E-state index is 0.106. The van der Waals surface area contributed by atoms with Crippen LogP contribution in [0.4, 0.5) is 4.39 Å². The Morgan fingerprint density at radius 2 is 1.72 bits per heavy atom. The predicted octanol–water partition coefficient (Wildman–Crippen LogP) is 4.93. The lowest BCUT2D eigenvalue weighted by Gasteiger charge is -2.23. The third-order valence-corrected chi connectivity index (χ3v) is 4.65. The van der Waals surface area contributed by atoms with Crippen LogP contribution in [0, 0.1) is 18.7 Å². The van der Waals surface area contributed by atoms with Crippen LogP contribution in [0.15, 0.2) is 72.0 Å². The average molecular weight is 337 g/mol. The number of halogens is 1. The second-order valence-corrected chi connectivity index (χ2v) is 6.55. The number of allylic oxidation sites excluding steroid dienone is 3. The van der Waals surface area contributed by atoms with Crippen LogP contribution in [0.25, 0.3) is 0 Å². The summed E-state index contributed by atoms with van der Waals surface area (Å²) in [6, 6.07) is 14.5. The molecule has 0 bridgehead atoms. The second kappa shape index (κ2) is 7.66. The zero-order chi connectivity index (χ0) is 17.8. The molecule has 0 saturated carbocycles. The molecule has 0 aromatic heterocycles. The number of hydrogen-bond acceptors (Lipinski definition) is 2. The molecule has 2 atom stereocenters. The van der Waals surface area contributed by atoms with Gasteiger partial charge in [-0.25, -0.2) is 4.39 Å². The first-order valence-electron chi connectivity index (χ1n) is 8.73. The van der Waals surface area contributed by atoms with Gasteiger partial charge >= 0.3 is 0 Å². The number of rotatable bonds is 6. The molecule has 25 heavy (non-hydrogen) atoms. The Hall–Kier alpha value is -2.39. The van der Waals surface area contributed by atoms with E-state index in [1.807, 2.05) is 30.3 Å². The van der Waals surface area contributed by atoms with Crippen molar-refractivity contribution in [3.05, 3.63) is 89.0 Å². The van der Waals surface area contributed by atoms with Gasteiger partial charge in [0.05, 0.1) is 0 Å². The molecule has 2 nitrogen and oxygen atoms in total. The molecule has 2 aromatic carbocycles. The molecule has 1 aliphatic rings. The van der Waals surface area contributed by atoms with Gasteiger partial charge in [0.25, 0.3) is 0 Å². The standard InChI is InChI=1S/C22H24FNO/c1-3-19-20(21(24)14-16-6-8-17(23)9-7-16)12-13-22(19)25-18-10-4-15(2)5-11-18/h4-13,19,21H,3,14,24H2,1-2H3. The predicted molar refractivity (Wildman–Crippen MR) is 99.8 cm³/mol. The quantitative estimate of drug-likeness (QED) is 0.811. The highest BCUT2D eigenvalue weighted by Crippen LogP contribution is 2.34. The van der Waals surface area contributed by atoms with Crippen molar-refractivity contribution in [1.82, 2.24) is 0 Å². The molecule has 2 unspecified atom stereocenters. The monoisotopic (exact) mass is 337 g/mol. The van der Waals surface area contributed by atoms with Crippen LogP contribution in [-0.4, -0.2) is 6.04 Å². The van der Waals surface area contributed by atoms with E-state index < -0.39 is 0 Å². The van der Waals surface area contributed by atoms with Gasteiger partial charge in [-0.3, -0.25) is 0 Å². The Bertz CT molecular complexity index is 775. The lowest BCUT2D eigenvalue weighted by atomic mass is 9.89. The van der Waals surface area contributed by atoms with Crippen molar-refractivity contribution >= 4 is 0 Å². The van der Waals surface area contributed by atoms with E-state index >= 15 is 0 Å². The van der Waals surface area contributed by atoms with Crippen molar-refractivity contribution in [3.63, 3.8) is 0 Å². The summed E-state index contributed by atoms with van der Waals surface area (Å²) in [5.41, 5.74) is 9.86. The van der Waals surface area contributed by atoms with Crippen LogP contribution in [0.1, 0.15) is 24.5 Å². The van der Waals surface area contributed by atoms with Crippen LogP contribution < -0.4 is 10.5 Å². The highest BCUT2D eigenvalue weighted by atomic mass is 19.1. The summed E-state index contributed by atoms with van der Waals surface area (Å²) in [6.45, 7) is 4.20. The van der Waals surface area contributed by atoms with Crippen LogP contribution in [0.3, 0.4) is 0 Å². The van der Waals surface area contributed by atoms with E-state index in [4.69, 9.17) is 10.5 Å². The third kappa shape index (κ3) is 4.18. The zero-order valence-corrected chi connectivity index (χ0v) is 14.7. The Labute approximate surface area is 148 Å². The fraction of sp³-hybridized carbons (Fsp3) is 0.273. The van der Waals surface area contributed by atoms with Gasteiger partial charge in [0.1, 0.15) is 17.3 Å². The molecular weight excluding hydrogens is 313 g/mol. The van der Waals surface area contributed by atoms with Crippen LogP contribution >= 0.6 is 0 Å². The van der Waals surface area contributed by atoms with E-state index in [1.54, 1.807) is 12.1 Å². The van der Waals surface area contributed by atoms with E-state index in [2.05, 4.69) is 19.9 Å². The Morgan fingerprint density at radius 3 is 2.36 bits per heavy atom. The molecule has 3 rings (SSSR count). The summed E-state index contributed by atoms with van der Waals surface area (Å²) < 4.78 is 19.1. The van der Waals surface area contributed by atoms with E-state index in [9.17, 15) is 4.39 Å². The first kappa shape index (κ1) is 17.4. The highest BCUT2D eigenvalue weighted by molar-refractivity contribution is 5.38. The topological polar surface area (TPSA) is 35.2 Å². The number of nitrogens with two attached hydrogens (primary N) is 1.